The summed E-state index contributed by atoms with van der Waals surface area (Å²) in [4.78, 5) is 18.9. The Kier molecular flexibility index (Phi) is 5.25. The number of carbonyl (C=O) groups is 1. The number of benzene rings is 2. The molecule has 5 nitrogen and oxygen atoms in total. The molecule has 27 heavy (non-hydrogen) atoms. The summed E-state index contributed by atoms with van der Waals surface area (Å²) in [5.74, 6) is 1.69. The number of H-pyrrole nitrogens is 1. The highest BCUT2D eigenvalue weighted by Crippen LogP contribution is 2.23. The predicted octanol–water partition coefficient (Wildman–Crippen LogP) is 4.31. The van der Waals surface area contributed by atoms with Gasteiger partial charge in [-0.15, -0.1) is 5.10 Å². The van der Waals surface area contributed by atoms with Gasteiger partial charge in [0.2, 0.25) is 5.16 Å². The number of aromatic amines is 1. The van der Waals surface area contributed by atoms with Crippen LogP contribution in [0.4, 0.5) is 0 Å². The standard InChI is InChI=1S/C21H22N4OS/c1-15-4-8-17(9-5-15)19-22-21(24-23-19)27-14-16-6-10-18(11-7-16)20(26)25-12-2-3-13-25/h4-11H,2-3,12-14H2,1H3,(H,22,23,24). The summed E-state index contributed by atoms with van der Waals surface area (Å²) in [6, 6.07) is 16.1. The van der Waals surface area contributed by atoms with Crippen LogP contribution in [-0.2, 0) is 5.75 Å². The molecular weight excluding hydrogens is 356 g/mol. The molecule has 2 heterocycles. The Hall–Kier alpha value is -2.60. The maximum absolute atomic E-state index is 12.4. The molecule has 1 aliphatic rings. The van der Waals surface area contributed by atoms with E-state index in [0.29, 0.717) is 0 Å². The number of carbonyl (C=O) groups excluding carboxylic acids is 1. The Morgan fingerprint density at radius 1 is 1.07 bits per heavy atom. The Morgan fingerprint density at radius 2 is 1.78 bits per heavy atom. The Labute approximate surface area is 163 Å². The molecule has 138 valence electrons. The first-order valence-electron chi connectivity index (χ1n) is 9.19. The molecular formula is C21H22N4OS. The van der Waals surface area contributed by atoms with Gasteiger partial charge in [-0.2, -0.15) is 0 Å². The average molecular weight is 379 g/mol. The van der Waals surface area contributed by atoms with Crippen molar-refractivity contribution in [2.24, 2.45) is 0 Å². The molecule has 1 fully saturated rings. The van der Waals surface area contributed by atoms with Crippen molar-refractivity contribution < 1.29 is 4.79 Å². The van der Waals surface area contributed by atoms with Gasteiger partial charge in [-0.25, -0.2) is 4.98 Å². The van der Waals surface area contributed by atoms with E-state index in [1.54, 1.807) is 11.8 Å². The van der Waals surface area contributed by atoms with Crippen molar-refractivity contribution in [3.8, 4) is 11.4 Å². The van der Waals surface area contributed by atoms with Gasteiger partial charge in [0.05, 0.1) is 0 Å². The van der Waals surface area contributed by atoms with E-state index >= 15 is 0 Å². The molecule has 1 aromatic heterocycles. The van der Waals surface area contributed by atoms with Gasteiger partial charge in [-0.3, -0.25) is 9.89 Å². The SMILES string of the molecule is Cc1ccc(-c2nc(SCc3ccc(C(=O)N4CCCC4)cc3)n[nH]2)cc1. The van der Waals surface area contributed by atoms with Crippen molar-refractivity contribution in [1.82, 2.24) is 20.1 Å². The zero-order valence-corrected chi connectivity index (χ0v) is 16.1. The summed E-state index contributed by atoms with van der Waals surface area (Å²) in [7, 11) is 0. The number of hydrogen-bond acceptors (Lipinski definition) is 4. The zero-order chi connectivity index (χ0) is 18.6. The maximum atomic E-state index is 12.4. The summed E-state index contributed by atoms with van der Waals surface area (Å²) < 4.78 is 0. The molecule has 1 saturated heterocycles. The maximum Gasteiger partial charge on any atom is 0.253 e. The Morgan fingerprint density at radius 3 is 2.48 bits per heavy atom. The molecule has 0 bridgehead atoms. The second kappa shape index (κ2) is 7.96. The van der Waals surface area contributed by atoms with Crippen LogP contribution in [0.1, 0.15) is 34.3 Å². The smallest absolute Gasteiger partial charge is 0.253 e. The van der Waals surface area contributed by atoms with Gasteiger partial charge in [0.25, 0.3) is 5.91 Å². The van der Waals surface area contributed by atoms with Crippen LogP contribution in [0.5, 0.6) is 0 Å². The first-order chi connectivity index (χ1) is 13.2. The zero-order valence-electron chi connectivity index (χ0n) is 15.3. The van der Waals surface area contributed by atoms with E-state index in [9.17, 15) is 4.79 Å². The van der Waals surface area contributed by atoms with Crippen molar-refractivity contribution in [3.63, 3.8) is 0 Å². The van der Waals surface area contributed by atoms with Gasteiger partial charge in [0, 0.05) is 30.0 Å². The van der Waals surface area contributed by atoms with Crippen molar-refractivity contribution >= 4 is 17.7 Å². The summed E-state index contributed by atoms with van der Waals surface area (Å²) in [6.07, 6.45) is 2.23. The lowest BCUT2D eigenvalue weighted by Crippen LogP contribution is -2.27. The van der Waals surface area contributed by atoms with Crippen LogP contribution in [0, 0.1) is 6.92 Å². The van der Waals surface area contributed by atoms with Gasteiger partial charge in [0.15, 0.2) is 5.82 Å². The monoisotopic (exact) mass is 378 g/mol. The van der Waals surface area contributed by atoms with Crippen LogP contribution in [0.3, 0.4) is 0 Å². The quantitative estimate of drug-likeness (QED) is 0.672. The molecule has 0 unspecified atom stereocenters. The summed E-state index contributed by atoms with van der Waals surface area (Å²) in [6.45, 7) is 3.82. The lowest BCUT2D eigenvalue weighted by atomic mass is 10.1. The Bertz CT molecular complexity index is 912. The van der Waals surface area contributed by atoms with Gasteiger partial charge >= 0.3 is 0 Å². The first-order valence-corrected chi connectivity index (χ1v) is 10.2. The van der Waals surface area contributed by atoms with Gasteiger partial charge < -0.3 is 4.90 Å². The van der Waals surface area contributed by atoms with E-state index < -0.39 is 0 Å². The molecule has 0 aliphatic carbocycles. The minimum Gasteiger partial charge on any atom is -0.339 e. The molecule has 2 aromatic carbocycles. The summed E-state index contributed by atoms with van der Waals surface area (Å²) in [5, 5.41) is 8.02. The minimum atomic E-state index is 0.142. The third-order valence-corrected chi connectivity index (χ3v) is 5.67. The van der Waals surface area contributed by atoms with Gasteiger partial charge in [0.1, 0.15) is 0 Å². The molecule has 6 heteroatoms. The topological polar surface area (TPSA) is 61.9 Å². The van der Waals surface area contributed by atoms with E-state index in [2.05, 4.69) is 34.2 Å². The molecule has 3 aromatic rings. The van der Waals surface area contributed by atoms with Crippen molar-refractivity contribution in [2.75, 3.05) is 13.1 Å². The van der Waals surface area contributed by atoms with Gasteiger partial charge in [-0.05, 0) is 37.5 Å². The van der Waals surface area contributed by atoms with E-state index in [1.807, 2.05) is 41.3 Å². The van der Waals surface area contributed by atoms with E-state index in [-0.39, 0.29) is 5.91 Å². The number of aryl methyl sites for hydroxylation is 1. The number of thioether (sulfide) groups is 1. The minimum absolute atomic E-state index is 0.142. The van der Waals surface area contributed by atoms with E-state index in [1.165, 1.54) is 5.56 Å². The van der Waals surface area contributed by atoms with Gasteiger partial charge in [-0.1, -0.05) is 53.7 Å². The lowest BCUT2D eigenvalue weighted by Gasteiger charge is -2.15. The first kappa shape index (κ1) is 17.8. The molecule has 0 atom stereocenters. The lowest BCUT2D eigenvalue weighted by molar-refractivity contribution is 0.0793. The number of aromatic nitrogens is 3. The van der Waals surface area contributed by atoms with Crippen LogP contribution in [0.2, 0.25) is 0 Å². The number of nitrogens with one attached hydrogen (secondary N) is 1. The predicted molar refractivity (Wildman–Crippen MR) is 108 cm³/mol. The van der Waals surface area contributed by atoms with Crippen molar-refractivity contribution in [2.45, 2.75) is 30.7 Å². The largest absolute Gasteiger partial charge is 0.339 e. The van der Waals surface area contributed by atoms with Crippen LogP contribution in [0.25, 0.3) is 11.4 Å². The van der Waals surface area contributed by atoms with Crippen LogP contribution in [0.15, 0.2) is 53.7 Å². The Balaban J connectivity index is 1.36. The van der Waals surface area contributed by atoms with E-state index in [4.69, 9.17) is 0 Å². The number of amides is 1. The molecule has 0 saturated carbocycles. The molecule has 1 aliphatic heterocycles. The second-order valence-corrected chi connectivity index (χ2v) is 7.76. The fourth-order valence-electron chi connectivity index (χ4n) is 3.15. The average Bonchev–Trinajstić information content (AvgIpc) is 3.39. The highest BCUT2D eigenvalue weighted by molar-refractivity contribution is 7.98. The highest BCUT2D eigenvalue weighted by atomic mass is 32.2. The fraction of sp³-hybridized carbons (Fsp3) is 0.286. The van der Waals surface area contributed by atoms with Crippen molar-refractivity contribution in [3.05, 3.63) is 65.2 Å². The summed E-state index contributed by atoms with van der Waals surface area (Å²) >= 11 is 1.58. The van der Waals surface area contributed by atoms with Crippen molar-refractivity contribution in [1.29, 1.82) is 0 Å². The highest BCUT2D eigenvalue weighted by Gasteiger charge is 2.19. The third-order valence-electron chi connectivity index (χ3n) is 4.75. The second-order valence-electron chi connectivity index (χ2n) is 6.82. The normalized spacial score (nSPS) is 13.9. The summed E-state index contributed by atoms with van der Waals surface area (Å²) in [5.41, 5.74) is 4.18. The van der Waals surface area contributed by atoms with Crippen LogP contribution in [-0.4, -0.2) is 39.1 Å². The number of likely N-dealkylation sites (tertiary alicyclic amines) is 1. The van der Waals surface area contributed by atoms with Crippen LogP contribution >= 0.6 is 11.8 Å². The molecule has 0 spiro atoms. The molecule has 1 amide bonds. The molecule has 1 N–H and O–H groups in total. The number of rotatable bonds is 5. The third kappa shape index (κ3) is 4.22. The molecule has 0 radical (unpaired) electrons. The number of hydrogen-bond donors (Lipinski definition) is 1. The van der Waals surface area contributed by atoms with E-state index in [0.717, 1.165) is 59.4 Å². The van der Waals surface area contributed by atoms with Crippen LogP contribution < -0.4 is 0 Å². The fourth-order valence-corrected chi connectivity index (χ4v) is 3.90. The number of nitrogens with zero attached hydrogens (tertiary/aromatic N) is 3. The molecule has 4 rings (SSSR count).